The summed E-state index contributed by atoms with van der Waals surface area (Å²) in [4.78, 5) is 4.04. The molecule has 1 aromatic heterocycles. The van der Waals surface area contributed by atoms with Crippen molar-refractivity contribution in [3.8, 4) is 0 Å². The Kier molecular flexibility index (Phi) is 6.56. The van der Waals surface area contributed by atoms with E-state index >= 15 is 0 Å². The monoisotopic (exact) mass is 178 g/mol. The molecule has 0 atom stereocenters. The zero-order valence-electron chi connectivity index (χ0n) is 8.27. The van der Waals surface area contributed by atoms with Crippen LogP contribution in [0.5, 0.6) is 0 Å². The summed E-state index contributed by atoms with van der Waals surface area (Å²) in [5.41, 5.74) is 8.68. The molecule has 66 valence electrons. The van der Waals surface area contributed by atoms with Crippen LogP contribution in [-0.2, 0) is 0 Å². The van der Waals surface area contributed by atoms with Crippen LogP contribution in [-0.4, -0.2) is 4.98 Å². The zero-order chi connectivity index (χ0) is 9.52. The minimum absolute atomic E-state index is 0. The van der Waals surface area contributed by atoms with E-state index in [1.807, 2.05) is 12.1 Å². The van der Waals surface area contributed by atoms with Crippen LogP contribution in [0.3, 0.4) is 0 Å². The predicted octanol–water partition coefficient (Wildman–Crippen LogP) is 0.221. The standard InChI is InChI=1S/C11H11N2.Li/c1-2-3-4-7-10(12)11-8-5-6-9-13-11;/h2-9,12H,1H2;/q-1;+1/b4-3+,10-7+;. The number of nitrogens with zero attached hydrogens (tertiary/aromatic N) is 1. The number of aromatic nitrogens is 1. The third-order valence-electron chi connectivity index (χ3n) is 1.45. The Morgan fingerprint density at radius 1 is 1.36 bits per heavy atom. The number of hydrogen-bond donors (Lipinski definition) is 0. The first-order chi connectivity index (χ1) is 6.34. The fraction of sp³-hybridized carbons (Fsp3) is 0. The summed E-state index contributed by atoms with van der Waals surface area (Å²) in [5, 5.41) is 0. The average Bonchev–Trinajstić information content (AvgIpc) is 2.19. The zero-order valence-corrected chi connectivity index (χ0v) is 8.27. The van der Waals surface area contributed by atoms with E-state index in [2.05, 4.69) is 11.6 Å². The third-order valence-corrected chi connectivity index (χ3v) is 1.45. The van der Waals surface area contributed by atoms with E-state index in [9.17, 15) is 0 Å². The SMILES string of the molecule is C=C/C=C/C=C(/[NH-])c1ccccn1.[Li+]. The summed E-state index contributed by atoms with van der Waals surface area (Å²) in [6, 6.07) is 5.50. The molecule has 2 nitrogen and oxygen atoms in total. The van der Waals surface area contributed by atoms with Crippen LogP contribution < -0.4 is 18.9 Å². The fourth-order valence-corrected chi connectivity index (χ4v) is 0.838. The van der Waals surface area contributed by atoms with Crippen molar-refractivity contribution >= 4 is 5.70 Å². The van der Waals surface area contributed by atoms with Crippen LogP contribution in [0, 0.1) is 0 Å². The van der Waals surface area contributed by atoms with Gasteiger partial charge in [0.2, 0.25) is 0 Å². The summed E-state index contributed by atoms with van der Waals surface area (Å²) in [6.07, 6.45) is 8.57. The number of allylic oxidation sites excluding steroid dienone is 4. The third kappa shape index (κ3) is 4.13. The molecule has 0 aliphatic rings. The van der Waals surface area contributed by atoms with E-state index in [0.717, 1.165) is 0 Å². The van der Waals surface area contributed by atoms with Crippen LogP contribution >= 0.6 is 0 Å². The first kappa shape index (κ1) is 12.8. The molecule has 0 aliphatic heterocycles. The Hall–Kier alpha value is -1.23. The van der Waals surface area contributed by atoms with E-state index in [4.69, 9.17) is 5.73 Å². The second kappa shape index (κ2) is 7.20. The molecule has 14 heavy (non-hydrogen) atoms. The first-order valence-electron chi connectivity index (χ1n) is 3.97. The van der Waals surface area contributed by atoms with Gasteiger partial charge in [0, 0.05) is 11.9 Å². The fourth-order valence-electron chi connectivity index (χ4n) is 0.838. The van der Waals surface area contributed by atoms with Gasteiger partial charge in [0.1, 0.15) is 0 Å². The van der Waals surface area contributed by atoms with E-state index < -0.39 is 0 Å². The van der Waals surface area contributed by atoms with E-state index in [0.29, 0.717) is 11.4 Å². The average molecular weight is 178 g/mol. The molecule has 0 radical (unpaired) electrons. The number of hydrogen-bond acceptors (Lipinski definition) is 1. The van der Waals surface area contributed by atoms with Crippen molar-refractivity contribution in [1.29, 1.82) is 0 Å². The Bertz CT molecular complexity index is 328. The van der Waals surface area contributed by atoms with Crippen LogP contribution in [0.4, 0.5) is 0 Å². The molecule has 0 fully saturated rings. The van der Waals surface area contributed by atoms with Gasteiger partial charge < -0.3 is 5.73 Å². The molecule has 0 aliphatic carbocycles. The summed E-state index contributed by atoms with van der Waals surface area (Å²) in [7, 11) is 0. The van der Waals surface area contributed by atoms with Gasteiger partial charge in [-0.05, 0) is 12.1 Å². The molecule has 0 bridgehead atoms. The van der Waals surface area contributed by atoms with E-state index in [-0.39, 0.29) is 18.9 Å². The Labute approximate surface area is 96.4 Å². The maximum Gasteiger partial charge on any atom is 1.00 e. The van der Waals surface area contributed by atoms with E-state index in [1.165, 1.54) is 0 Å². The molecule has 1 heterocycles. The topological polar surface area (TPSA) is 36.7 Å². The molecular formula is C11H11LiN2. The van der Waals surface area contributed by atoms with Gasteiger partial charge in [-0.15, -0.1) is 5.70 Å². The summed E-state index contributed by atoms with van der Waals surface area (Å²) >= 11 is 0. The molecule has 1 aromatic rings. The molecule has 1 rings (SSSR count). The quantitative estimate of drug-likeness (QED) is 0.482. The van der Waals surface area contributed by atoms with Crippen LogP contribution in [0.2, 0.25) is 0 Å². The molecular weight excluding hydrogens is 167 g/mol. The predicted molar refractivity (Wildman–Crippen MR) is 55.9 cm³/mol. The molecule has 1 N–H and O–H groups in total. The number of pyridine rings is 1. The van der Waals surface area contributed by atoms with Gasteiger partial charge in [-0.25, -0.2) is 0 Å². The molecule has 0 aromatic carbocycles. The van der Waals surface area contributed by atoms with Gasteiger partial charge in [0.05, 0.1) is 0 Å². The smallest absolute Gasteiger partial charge is 0.697 e. The van der Waals surface area contributed by atoms with Crippen molar-refractivity contribution in [3.63, 3.8) is 0 Å². The minimum atomic E-state index is 0. The van der Waals surface area contributed by atoms with Gasteiger partial charge in [-0.2, -0.15) is 0 Å². The maximum atomic E-state index is 7.60. The Balaban J connectivity index is 0.00000169. The van der Waals surface area contributed by atoms with Gasteiger partial charge in [-0.1, -0.05) is 36.9 Å². The maximum absolute atomic E-state index is 7.60. The summed E-state index contributed by atoms with van der Waals surface area (Å²) < 4.78 is 0. The minimum Gasteiger partial charge on any atom is -0.697 e. The molecule has 0 unspecified atom stereocenters. The molecule has 0 spiro atoms. The molecule has 0 amide bonds. The first-order valence-corrected chi connectivity index (χ1v) is 3.97. The van der Waals surface area contributed by atoms with Crippen molar-refractivity contribution in [2.45, 2.75) is 0 Å². The molecule has 3 heteroatoms. The van der Waals surface area contributed by atoms with Crippen LogP contribution in [0.15, 0.2) is 55.3 Å². The van der Waals surface area contributed by atoms with Gasteiger partial charge in [-0.3, -0.25) is 4.98 Å². The van der Waals surface area contributed by atoms with E-state index in [1.54, 1.807) is 36.6 Å². The second-order valence-corrected chi connectivity index (χ2v) is 2.42. The van der Waals surface area contributed by atoms with Gasteiger partial charge in [0.15, 0.2) is 0 Å². The Morgan fingerprint density at radius 3 is 2.71 bits per heavy atom. The van der Waals surface area contributed by atoms with Crippen LogP contribution in [0.1, 0.15) is 5.69 Å². The number of rotatable bonds is 3. The summed E-state index contributed by atoms with van der Waals surface area (Å²) in [5.74, 6) is 0. The van der Waals surface area contributed by atoms with Crippen molar-refractivity contribution in [1.82, 2.24) is 4.98 Å². The largest absolute Gasteiger partial charge is 1.00 e. The molecule has 0 saturated carbocycles. The molecule has 0 saturated heterocycles. The van der Waals surface area contributed by atoms with Crippen molar-refractivity contribution in [2.75, 3.05) is 0 Å². The van der Waals surface area contributed by atoms with Crippen LogP contribution in [0.25, 0.3) is 11.4 Å². The Morgan fingerprint density at radius 2 is 2.14 bits per heavy atom. The normalized spacial score (nSPS) is 11.0. The van der Waals surface area contributed by atoms with Gasteiger partial charge >= 0.3 is 18.9 Å². The van der Waals surface area contributed by atoms with Crippen molar-refractivity contribution in [3.05, 3.63) is 66.7 Å². The van der Waals surface area contributed by atoms with Gasteiger partial charge in [0.25, 0.3) is 0 Å². The second-order valence-electron chi connectivity index (χ2n) is 2.42. The number of nitrogens with one attached hydrogen (secondary N) is 1. The van der Waals surface area contributed by atoms with Crippen molar-refractivity contribution < 1.29 is 18.9 Å². The summed E-state index contributed by atoms with van der Waals surface area (Å²) in [6.45, 7) is 3.54. The van der Waals surface area contributed by atoms with Crippen molar-refractivity contribution in [2.24, 2.45) is 0 Å².